The Morgan fingerprint density at radius 2 is 0.510 bits per heavy atom. The summed E-state index contributed by atoms with van der Waals surface area (Å²) in [5.74, 6) is 0.255. The van der Waals surface area contributed by atoms with Gasteiger partial charge in [-0.05, 0) is 43.4 Å². The number of phosphoric ester groups is 2. The molecule has 0 amide bonds. The van der Waals surface area contributed by atoms with Gasteiger partial charge in [-0.2, -0.15) is 0 Å². The summed E-state index contributed by atoms with van der Waals surface area (Å²) < 4.78 is 68.8. The van der Waals surface area contributed by atoms with Crippen molar-refractivity contribution in [3.63, 3.8) is 0 Å². The fraction of sp³-hybridized carbons (Fsp3) is 0.951. The van der Waals surface area contributed by atoms with Crippen LogP contribution in [0.5, 0.6) is 0 Å². The first-order chi connectivity index (χ1) is 48.3. The van der Waals surface area contributed by atoms with Gasteiger partial charge in [0.1, 0.15) is 19.3 Å². The van der Waals surface area contributed by atoms with Gasteiger partial charge in [0, 0.05) is 25.7 Å². The quantitative estimate of drug-likeness (QED) is 0.0222. The highest BCUT2D eigenvalue weighted by atomic mass is 31.2. The maximum Gasteiger partial charge on any atom is 0.472 e. The SMILES string of the molecule is CCCCCCCCCCCCCCCCCC(=O)O[C@H](COC(=O)CCCCCCCCCCC(C)CC)COP(=O)(O)OC[C@H](O)COP(=O)(O)OC[C@@H](COC(=O)CCCCCCCCCCCCCCCC(C)C)OC(=O)CCCCCCCCCCCCCCCCC(C)C. The zero-order valence-electron chi connectivity index (χ0n) is 65.7. The normalized spacial score (nSPS) is 14.2. The average Bonchev–Trinajstić information content (AvgIpc) is 0.926. The number of hydrogen-bond acceptors (Lipinski definition) is 15. The molecule has 6 atom stereocenters. The van der Waals surface area contributed by atoms with Crippen molar-refractivity contribution in [2.75, 3.05) is 39.6 Å². The zero-order valence-corrected chi connectivity index (χ0v) is 67.5. The molecule has 17 nitrogen and oxygen atoms in total. The summed E-state index contributed by atoms with van der Waals surface area (Å²) in [6, 6.07) is 0. The number of esters is 4. The Balaban J connectivity index is 5.27. The van der Waals surface area contributed by atoms with Gasteiger partial charge in [0.15, 0.2) is 12.2 Å². The van der Waals surface area contributed by atoms with Gasteiger partial charge >= 0.3 is 39.5 Å². The molecule has 0 fully saturated rings. The Labute approximate surface area is 613 Å². The van der Waals surface area contributed by atoms with Gasteiger partial charge in [-0.3, -0.25) is 37.3 Å². The third kappa shape index (κ3) is 73.0. The zero-order chi connectivity index (χ0) is 73.7. The molecule has 0 radical (unpaired) electrons. The number of unbranched alkanes of at least 4 members (excludes halogenated alkanes) is 46. The van der Waals surface area contributed by atoms with Gasteiger partial charge in [0.2, 0.25) is 0 Å². The minimum absolute atomic E-state index is 0.108. The summed E-state index contributed by atoms with van der Waals surface area (Å²) in [4.78, 5) is 73.1. The first kappa shape index (κ1) is 98.1. The third-order valence-corrected chi connectivity index (χ3v) is 21.1. The summed E-state index contributed by atoms with van der Waals surface area (Å²) in [7, 11) is -9.92. The van der Waals surface area contributed by atoms with Crippen LogP contribution < -0.4 is 0 Å². The number of aliphatic hydroxyl groups is 1. The van der Waals surface area contributed by atoms with Gasteiger partial charge < -0.3 is 33.8 Å². The second-order valence-electron chi connectivity index (χ2n) is 30.4. The van der Waals surface area contributed by atoms with Crippen molar-refractivity contribution >= 4 is 39.5 Å². The van der Waals surface area contributed by atoms with Crippen molar-refractivity contribution in [1.82, 2.24) is 0 Å². The van der Waals surface area contributed by atoms with Crippen LogP contribution in [-0.2, 0) is 65.4 Å². The van der Waals surface area contributed by atoms with Gasteiger partial charge in [-0.1, -0.05) is 370 Å². The molecule has 0 aromatic carbocycles. The lowest BCUT2D eigenvalue weighted by Crippen LogP contribution is -2.30. The Kier molecular flexibility index (Phi) is 69.9. The molecule has 0 aliphatic carbocycles. The number of carbonyl (C=O) groups is 4. The van der Waals surface area contributed by atoms with Crippen LogP contribution in [0, 0.1) is 17.8 Å². The van der Waals surface area contributed by atoms with Crippen LogP contribution in [0.25, 0.3) is 0 Å². The van der Waals surface area contributed by atoms with Crippen LogP contribution in [0.1, 0.15) is 421 Å². The average molecular weight is 1470 g/mol. The first-order valence-corrected chi connectivity index (χ1v) is 44.9. The van der Waals surface area contributed by atoms with Crippen LogP contribution in [0.4, 0.5) is 0 Å². The predicted octanol–water partition coefficient (Wildman–Crippen LogP) is 24.1. The van der Waals surface area contributed by atoms with E-state index in [1.54, 1.807) is 0 Å². The Bertz CT molecular complexity index is 1940. The van der Waals surface area contributed by atoms with Crippen molar-refractivity contribution in [2.24, 2.45) is 17.8 Å². The molecule has 0 bridgehead atoms. The van der Waals surface area contributed by atoms with Crippen LogP contribution in [0.3, 0.4) is 0 Å². The number of aliphatic hydroxyl groups excluding tert-OH is 1. The third-order valence-electron chi connectivity index (χ3n) is 19.2. The van der Waals surface area contributed by atoms with Crippen molar-refractivity contribution in [1.29, 1.82) is 0 Å². The lowest BCUT2D eigenvalue weighted by molar-refractivity contribution is -0.161. The largest absolute Gasteiger partial charge is 0.472 e. The molecule has 0 aliphatic heterocycles. The Hall–Kier alpha value is -1.94. The number of rotatable bonds is 79. The highest BCUT2D eigenvalue weighted by Gasteiger charge is 2.30. The Morgan fingerprint density at radius 3 is 0.760 bits per heavy atom. The van der Waals surface area contributed by atoms with Gasteiger partial charge in [0.05, 0.1) is 26.4 Å². The van der Waals surface area contributed by atoms with E-state index in [9.17, 15) is 43.2 Å². The van der Waals surface area contributed by atoms with Crippen molar-refractivity contribution in [3.05, 3.63) is 0 Å². The van der Waals surface area contributed by atoms with E-state index >= 15 is 0 Å². The molecule has 0 saturated heterocycles. The molecule has 100 heavy (non-hydrogen) atoms. The van der Waals surface area contributed by atoms with Gasteiger partial charge in [-0.15, -0.1) is 0 Å². The van der Waals surface area contributed by atoms with E-state index in [1.165, 1.54) is 231 Å². The second kappa shape index (κ2) is 71.3. The molecule has 0 rings (SSSR count). The molecule has 0 aromatic heterocycles. The summed E-state index contributed by atoms with van der Waals surface area (Å²) in [5, 5.41) is 10.6. The standard InChI is InChI=1S/C81H158O17P2/c1-8-10-11-12-13-14-15-16-17-23-29-34-43-50-57-64-81(86)98-77(69-92-79(84)63-56-49-42-37-36-40-47-54-61-74(7)9-2)71-96-100(89,90)94-67-75(82)66-93-99(87,88)95-70-76(68-91-78(83)62-55-48-41-33-28-25-20-22-27-32-39-46-53-60-73(5)6)97-80(85)65-58-51-44-35-30-24-19-18-21-26-31-38-45-52-59-72(3)4/h72-77,82H,8-71H2,1-7H3,(H,87,88)(H,89,90)/t74?,75-,76-,77-/m1/s1. The van der Waals surface area contributed by atoms with E-state index in [-0.39, 0.29) is 25.7 Å². The fourth-order valence-corrected chi connectivity index (χ4v) is 14.0. The summed E-state index contributed by atoms with van der Waals surface area (Å²) >= 11 is 0. The Morgan fingerprint density at radius 1 is 0.290 bits per heavy atom. The molecule has 19 heteroatoms. The molecule has 3 N–H and O–H groups in total. The number of carbonyl (C=O) groups excluding carboxylic acids is 4. The number of hydrogen-bond donors (Lipinski definition) is 3. The van der Waals surface area contributed by atoms with Crippen LogP contribution >= 0.6 is 15.6 Å². The molecular formula is C81H158O17P2. The van der Waals surface area contributed by atoms with Crippen LogP contribution in [-0.4, -0.2) is 96.7 Å². The monoisotopic (exact) mass is 1470 g/mol. The lowest BCUT2D eigenvalue weighted by atomic mass is 9.99. The van der Waals surface area contributed by atoms with Crippen molar-refractivity contribution in [2.45, 2.75) is 439 Å². The molecule has 0 spiro atoms. The molecule has 0 aromatic rings. The number of phosphoric acid groups is 2. The minimum atomic E-state index is -4.96. The first-order valence-electron chi connectivity index (χ1n) is 41.9. The topological polar surface area (TPSA) is 237 Å². The van der Waals surface area contributed by atoms with Crippen LogP contribution in [0.15, 0.2) is 0 Å². The van der Waals surface area contributed by atoms with E-state index in [0.717, 1.165) is 108 Å². The second-order valence-corrected chi connectivity index (χ2v) is 33.3. The molecular weight excluding hydrogens is 1310 g/mol. The van der Waals surface area contributed by atoms with E-state index in [2.05, 4.69) is 48.5 Å². The van der Waals surface area contributed by atoms with E-state index in [0.29, 0.717) is 25.7 Å². The minimum Gasteiger partial charge on any atom is -0.462 e. The van der Waals surface area contributed by atoms with E-state index in [4.69, 9.17) is 37.0 Å². The van der Waals surface area contributed by atoms with E-state index in [1.807, 2.05) is 0 Å². The maximum absolute atomic E-state index is 13.1. The summed E-state index contributed by atoms with van der Waals surface area (Å²) in [6.07, 6.45) is 59.5. The molecule has 3 unspecified atom stereocenters. The smallest absolute Gasteiger partial charge is 0.462 e. The van der Waals surface area contributed by atoms with Gasteiger partial charge in [0.25, 0.3) is 0 Å². The fourth-order valence-electron chi connectivity index (χ4n) is 12.5. The van der Waals surface area contributed by atoms with Crippen molar-refractivity contribution in [3.8, 4) is 0 Å². The molecule has 0 heterocycles. The number of ether oxygens (including phenoxy) is 4. The summed E-state index contributed by atoms with van der Waals surface area (Å²) in [6.45, 7) is 12.0. The van der Waals surface area contributed by atoms with Crippen LogP contribution in [0.2, 0.25) is 0 Å². The maximum atomic E-state index is 13.1. The van der Waals surface area contributed by atoms with Crippen molar-refractivity contribution < 1.29 is 80.2 Å². The lowest BCUT2D eigenvalue weighted by Gasteiger charge is -2.21. The summed E-state index contributed by atoms with van der Waals surface area (Å²) in [5.41, 5.74) is 0. The molecule has 0 saturated carbocycles. The molecule has 0 aliphatic rings. The highest BCUT2D eigenvalue weighted by Crippen LogP contribution is 2.45. The molecule has 594 valence electrons. The van der Waals surface area contributed by atoms with Gasteiger partial charge in [-0.25, -0.2) is 9.13 Å². The predicted molar refractivity (Wildman–Crippen MR) is 409 cm³/mol. The highest BCUT2D eigenvalue weighted by molar-refractivity contribution is 7.47. The van der Waals surface area contributed by atoms with E-state index < -0.39 is 97.5 Å².